The van der Waals surface area contributed by atoms with Crippen LogP contribution in [-0.2, 0) is 45.8 Å². The van der Waals surface area contributed by atoms with E-state index in [1.807, 2.05) is 49.2 Å². The zero-order valence-electron chi connectivity index (χ0n) is 39.5. The zero-order chi connectivity index (χ0) is 47.3. The Morgan fingerprint density at radius 2 is 1.75 bits per heavy atom. The number of hydrogen-bond donors (Lipinski definition) is 3. The van der Waals surface area contributed by atoms with Crippen molar-refractivity contribution < 1.29 is 43.2 Å². The Balaban J connectivity index is 1.23. The Kier molecular flexibility index (Phi) is 10.9. The Labute approximate surface area is 391 Å². The summed E-state index contributed by atoms with van der Waals surface area (Å²) in [5, 5.41) is 17.9. The van der Waals surface area contributed by atoms with E-state index in [2.05, 4.69) is 50.2 Å². The van der Waals surface area contributed by atoms with Gasteiger partial charge in [-0.05, 0) is 86.4 Å². The van der Waals surface area contributed by atoms with Crippen LogP contribution in [0, 0.1) is 11.3 Å². The van der Waals surface area contributed by atoms with E-state index >= 15 is 4.79 Å². The van der Waals surface area contributed by atoms with Gasteiger partial charge in [0.1, 0.15) is 11.2 Å². The van der Waals surface area contributed by atoms with Gasteiger partial charge in [-0.2, -0.15) is 0 Å². The lowest BCUT2D eigenvalue weighted by Gasteiger charge is -2.63. The molecule has 67 heavy (non-hydrogen) atoms. The number of likely N-dealkylation sites (N-methyl/N-ethyl adjacent to an activating group) is 1. The topological polar surface area (TPSA) is 176 Å². The fourth-order valence-electron chi connectivity index (χ4n) is 14.5. The number of nitrogens with one attached hydrogen (secondary N) is 2. The fourth-order valence-corrected chi connectivity index (χ4v) is 14.5. The fraction of sp³-hybridized carbons (Fsp3) is 0.519. The third-order valence-corrected chi connectivity index (χ3v) is 16.9. The van der Waals surface area contributed by atoms with Gasteiger partial charge < -0.3 is 44.2 Å². The van der Waals surface area contributed by atoms with Gasteiger partial charge in [-0.3, -0.25) is 24.3 Å². The lowest BCUT2D eigenvalue weighted by molar-refractivity contribution is -0.228. The van der Waals surface area contributed by atoms with E-state index in [4.69, 9.17) is 18.9 Å². The van der Waals surface area contributed by atoms with Crippen LogP contribution < -0.4 is 15.0 Å². The number of aliphatic hydroxyl groups is 1. The van der Waals surface area contributed by atoms with Crippen molar-refractivity contribution in [2.75, 3.05) is 66.0 Å². The van der Waals surface area contributed by atoms with E-state index in [0.717, 1.165) is 33.4 Å². The maximum absolute atomic E-state index is 15.7. The molecule has 7 heterocycles. The Morgan fingerprint density at radius 1 is 0.955 bits per heavy atom. The number of anilines is 1. The number of carbonyl (C=O) groups excluding carboxylic acids is 4. The summed E-state index contributed by atoms with van der Waals surface area (Å²) in [5.74, 6) is -1.85. The number of H-pyrrole nitrogens is 1. The van der Waals surface area contributed by atoms with E-state index in [1.54, 1.807) is 31.6 Å². The average Bonchev–Trinajstić information content (AvgIpc) is 4.00. The van der Waals surface area contributed by atoms with Gasteiger partial charge in [0.25, 0.3) is 5.91 Å². The number of piperidine rings is 1. The molecule has 2 aromatic heterocycles. The van der Waals surface area contributed by atoms with Crippen LogP contribution in [0.4, 0.5) is 5.69 Å². The first-order chi connectivity index (χ1) is 32.2. The molecule has 0 radical (unpaired) electrons. The minimum atomic E-state index is -2.33. The standard InChI is InChI=1S/C52H62N6O9/c1-8-48(55-42(60)33-14-12-20-53-28-33)26-32-27-51(46(61)65-6,41-35(17-22-57(29-32)30-48)34-15-10-11-16-38(34)54-41)37-24-36-39(25-40(37)64-5)56(4)44-50(36)19-23-58-21-13-18-49(9-2,43(50)58)45(67-31(3)59)52(44,63)47(62)66-7/h10-16,18,20,24-25,28,32,43-45,54,63H,8-9,17,19,21-23,26-27,29-30H2,1-7H3,(H,55,60)/t32-,43+,44-,45-,48+,49-,50-,51+,52+/m1/s1. The molecule has 1 aliphatic carbocycles. The lowest BCUT2D eigenvalue weighted by Crippen LogP contribution is -2.81. The summed E-state index contributed by atoms with van der Waals surface area (Å²) in [6, 6.07) is 14.4. The van der Waals surface area contributed by atoms with E-state index < -0.39 is 57.4 Å². The van der Waals surface area contributed by atoms with Gasteiger partial charge in [0, 0.05) is 103 Å². The zero-order valence-corrected chi connectivity index (χ0v) is 39.5. The summed E-state index contributed by atoms with van der Waals surface area (Å²) in [6.45, 7) is 8.69. The highest BCUT2D eigenvalue weighted by atomic mass is 16.6. The van der Waals surface area contributed by atoms with Crippen molar-refractivity contribution in [1.82, 2.24) is 25.1 Å². The number of rotatable bonds is 9. The molecule has 10 rings (SSSR count). The van der Waals surface area contributed by atoms with Crippen LogP contribution in [-0.4, -0.2) is 139 Å². The second-order valence-electron chi connectivity index (χ2n) is 20.0. The smallest absolute Gasteiger partial charge is 0.344 e. The Bertz CT molecular complexity index is 2690. The third-order valence-electron chi connectivity index (χ3n) is 16.9. The largest absolute Gasteiger partial charge is 0.496 e. The summed E-state index contributed by atoms with van der Waals surface area (Å²) in [5.41, 5.74) is -1.10. The summed E-state index contributed by atoms with van der Waals surface area (Å²) < 4.78 is 24.2. The maximum Gasteiger partial charge on any atom is 0.344 e. The predicted octanol–water partition coefficient (Wildman–Crippen LogP) is 4.82. The van der Waals surface area contributed by atoms with Crippen molar-refractivity contribution >= 4 is 40.4 Å². The van der Waals surface area contributed by atoms with E-state index in [0.29, 0.717) is 88.1 Å². The number of pyridine rings is 1. The quantitative estimate of drug-likeness (QED) is 0.119. The molecule has 1 spiro atoms. The van der Waals surface area contributed by atoms with Gasteiger partial charge in [0.15, 0.2) is 6.10 Å². The van der Waals surface area contributed by atoms with Crippen LogP contribution in [0.2, 0.25) is 0 Å². The number of nitrogens with zero attached hydrogens (tertiary/aromatic N) is 4. The normalized spacial score (nSPS) is 33.8. The number of amides is 1. The van der Waals surface area contributed by atoms with Crippen molar-refractivity contribution in [3.8, 4) is 5.75 Å². The van der Waals surface area contributed by atoms with Crippen molar-refractivity contribution in [1.29, 1.82) is 0 Å². The van der Waals surface area contributed by atoms with Crippen LogP contribution in [0.1, 0.15) is 85.6 Å². The number of aromatic amines is 1. The van der Waals surface area contributed by atoms with Crippen LogP contribution in [0.15, 0.2) is 73.1 Å². The predicted molar refractivity (Wildman–Crippen MR) is 250 cm³/mol. The molecule has 3 fully saturated rings. The number of ether oxygens (including phenoxy) is 4. The van der Waals surface area contributed by atoms with Crippen LogP contribution in [0.5, 0.6) is 5.75 Å². The van der Waals surface area contributed by atoms with E-state index in [9.17, 15) is 19.5 Å². The van der Waals surface area contributed by atoms with Crippen LogP contribution in [0.25, 0.3) is 10.9 Å². The van der Waals surface area contributed by atoms with Crippen LogP contribution >= 0.6 is 0 Å². The molecule has 10 atom stereocenters. The minimum Gasteiger partial charge on any atom is -0.496 e. The molecule has 1 amide bonds. The SMILES string of the molecule is CC[C@]1(NC(=O)c2cccnc2)C[C@H]2CN(CCc3c([nH]c4ccccc34)[C@@](C(=O)OC)(c3cc4c(cc3OC)N(C)[C@H]3[C@@](O)(C(=O)OC)[C@H](OC(C)=O)[C@]5(CC)C=CCN6CC[C@]43[C@@H]65)C2)C1. The van der Waals surface area contributed by atoms with Gasteiger partial charge in [-0.1, -0.05) is 44.2 Å². The highest BCUT2D eigenvalue weighted by Crippen LogP contribution is 2.68. The molecule has 6 aliphatic rings. The molecule has 15 heteroatoms. The van der Waals surface area contributed by atoms with Gasteiger partial charge >= 0.3 is 17.9 Å². The van der Waals surface area contributed by atoms with Gasteiger partial charge in [-0.15, -0.1) is 0 Å². The average molecular weight is 915 g/mol. The monoisotopic (exact) mass is 914 g/mol. The molecule has 15 nitrogen and oxygen atoms in total. The molecule has 2 bridgehead atoms. The third kappa shape index (κ3) is 6.22. The van der Waals surface area contributed by atoms with E-state index in [-0.39, 0.29) is 17.9 Å². The highest BCUT2D eigenvalue weighted by Gasteiger charge is 2.80. The first-order valence-corrected chi connectivity index (χ1v) is 23.7. The summed E-state index contributed by atoms with van der Waals surface area (Å²) in [6.07, 6.45) is 9.21. The molecule has 5 aliphatic heterocycles. The number of fused-ring (bicyclic) bond motifs is 6. The molecular weight excluding hydrogens is 853 g/mol. The number of carbonyl (C=O) groups is 4. The Hall–Kier alpha value is -5.77. The van der Waals surface area contributed by atoms with E-state index in [1.165, 1.54) is 21.1 Å². The number of esters is 3. The summed E-state index contributed by atoms with van der Waals surface area (Å²) in [7, 11) is 6.15. The number of para-hydroxylation sites is 1. The molecule has 4 aromatic rings. The maximum atomic E-state index is 15.7. The molecular formula is C52H62N6O9. The highest BCUT2D eigenvalue weighted by molar-refractivity contribution is 5.96. The van der Waals surface area contributed by atoms with Gasteiger partial charge in [0.05, 0.1) is 38.5 Å². The van der Waals surface area contributed by atoms with Crippen molar-refractivity contribution in [2.45, 2.75) is 99.5 Å². The first kappa shape index (κ1) is 45.0. The van der Waals surface area contributed by atoms with Gasteiger partial charge in [-0.25, -0.2) is 4.79 Å². The molecule has 1 saturated carbocycles. The first-order valence-electron chi connectivity index (χ1n) is 23.7. The van der Waals surface area contributed by atoms with Gasteiger partial charge in [0.2, 0.25) is 5.60 Å². The minimum absolute atomic E-state index is 0.132. The molecule has 2 saturated heterocycles. The summed E-state index contributed by atoms with van der Waals surface area (Å²) in [4.78, 5) is 72.1. The molecule has 354 valence electrons. The lowest BCUT2D eigenvalue weighted by atomic mass is 9.47. The van der Waals surface area contributed by atoms with Crippen LogP contribution in [0.3, 0.4) is 0 Å². The number of benzene rings is 2. The van der Waals surface area contributed by atoms with Crippen molar-refractivity contribution in [3.63, 3.8) is 0 Å². The Morgan fingerprint density at radius 3 is 2.45 bits per heavy atom. The number of aromatic nitrogens is 2. The molecule has 1 unspecified atom stereocenters. The molecule has 2 aromatic carbocycles. The van der Waals surface area contributed by atoms with Crippen molar-refractivity contribution in [3.05, 3.63) is 101 Å². The second-order valence-corrected chi connectivity index (χ2v) is 20.0. The second kappa shape index (κ2) is 16.2. The number of methoxy groups -OCH3 is 3. The summed E-state index contributed by atoms with van der Waals surface area (Å²) >= 11 is 0. The van der Waals surface area contributed by atoms with Crippen molar-refractivity contribution in [2.24, 2.45) is 11.3 Å². The number of hydrogen-bond acceptors (Lipinski definition) is 13. The molecule has 3 N–H and O–H groups in total.